The molecule has 2 aromatic heterocycles. The second kappa shape index (κ2) is 4.82. The van der Waals surface area contributed by atoms with Crippen molar-refractivity contribution in [3.05, 3.63) is 59.5 Å². The van der Waals surface area contributed by atoms with Gasteiger partial charge in [-0.15, -0.1) is 0 Å². The van der Waals surface area contributed by atoms with Gasteiger partial charge in [0, 0.05) is 35.3 Å². The molecule has 19 heavy (non-hydrogen) atoms. The molecule has 3 rings (SSSR count). The second-order valence-corrected chi connectivity index (χ2v) is 4.65. The topological polar surface area (TPSA) is 67.6 Å². The summed E-state index contributed by atoms with van der Waals surface area (Å²) in [6.07, 6.45) is 1.68. The highest BCUT2D eigenvalue weighted by molar-refractivity contribution is 5.85. The van der Waals surface area contributed by atoms with Gasteiger partial charge in [-0.25, -0.2) is 0 Å². The third kappa shape index (κ3) is 2.00. The van der Waals surface area contributed by atoms with Crippen molar-refractivity contribution >= 4 is 10.9 Å². The predicted molar refractivity (Wildman–Crippen MR) is 76.0 cm³/mol. The van der Waals surface area contributed by atoms with E-state index in [2.05, 4.69) is 34.2 Å². The second-order valence-electron chi connectivity index (χ2n) is 4.65. The molecule has 0 radical (unpaired) electrons. The van der Waals surface area contributed by atoms with Crippen LogP contribution in [0.1, 0.15) is 22.9 Å². The minimum atomic E-state index is 0.0739. The fraction of sp³-hybridized carbons (Fsp3) is 0.200. The third-order valence-electron chi connectivity index (χ3n) is 3.48. The number of rotatable bonds is 3. The SMILES string of the molecule is Cc1[nH]c2ccccc2c1C(CN)c1cccnn1. The number of aromatic amines is 1. The zero-order valence-electron chi connectivity index (χ0n) is 10.8. The van der Waals surface area contributed by atoms with Crippen LogP contribution >= 0.6 is 0 Å². The van der Waals surface area contributed by atoms with Gasteiger partial charge in [-0.05, 0) is 30.7 Å². The van der Waals surface area contributed by atoms with E-state index >= 15 is 0 Å². The lowest BCUT2D eigenvalue weighted by molar-refractivity contribution is 0.760. The van der Waals surface area contributed by atoms with E-state index in [0.29, 0.717) is 6.54 Å². The average molecular weight is 252 g/mol. The van der Waals surface area contributed by atoms with E-state index in [1.54, 1.807) is 6.20 Å². The molecular formula is C15H16N4. The Kier molecular flexibility index (Phi) is 3.01. The van der Waals surface area contributed by atoms with Gasteiger partial charge in [0.25, 0.3) is 0 Å². The van der Waals surface area contributed by atoms with E-state index in [0.717, 1.165) is 16.9 Å². The quantitative estimate of drug-likeness (QED) is 0.752. The maximum Gasteiger partial charge on any atom is 0.0719 e. The number of hydrogen-bond acceptors (Lipinski definition) is 3. The molecule has 0 bridgehead atoms. The first-order chi connectivity index (χ1) is 9.31. The molecule has 3 aromatic rings. The molecule has 4 nitrogen and oxygen atoms in total. The molecule has 0 fully saturated rings. The van der Waals surface area contributed by atoms with Crippen molar-refractivity contribution in [3.8, 4) is 0 Å². The number of benzene rings is 1. The standard InChI is InChI=1S/C15H16N4/c1-10-15(11-5-2-3-6-13(11)18-10)12(9-16)14-7-4-8-17-19-14/h2-8,12,18H,9,16H2,1H3. The number of hydrogen-bond donors (Lipinski definition) is 2. The van der Waals surface area contributed by atoms with E-state index in [1.165, 1.54) is 10.9 Å². The average Bonchev–Trinajstić information content (AvgIpc) is 2.78. The number of nitrogens with one attached hydrogen (secondary N) is 1. The van der Waals surface area contributed by atoms with Crippen molar-refractivity contribution in [3.63, 3.8) is 0 Å². The number of aryl methyl sites for hydroxylation is 1. The van der Waals surface area contributed by atoms with Crippen molar-refractivity contribution in [1.29, 1.82) is 0 Å². The van der Waals surface area contributed by atoms with Gasteiger partial charge < -0.3 is 10.7 Å². The van der Waals surface area contributed by atoms with Crippen molar-refractivity contribution in [2.45, 2.75) is 12.8 Å². The summed E-state index contributed by atoms with van der Waals surface area (Å²) in [5.74, 6) is 0.0739. The Morgan fingerprint density at radius 2 is 2.05 bits per heavy atom. The Hall–Kier alpha value is -2.20. The first-order valence-electron chi connectivity index (χ1n) is 6.36. The van der Waals surface area contributed by atoms with Gasteiger partial charge in [0.1, 0.15) is 0 Å². The number of nitrogens with zero attached hydrogens (tertiary/aromatic N) is 2. The first kappa shape index (κ1) is 11.9. The van der Waals surface area contributed by atoms with Crippen LogP contribution in [0, 0.1) is 6.92 Å². The molecular weight excluding hydrogens is 236 g/mol. The Labute approximate surface area is 111 Å². The highest BCUT2D eigenvalue weighted by Gasteiger charge is 2.20. The molecule has 0 spiro atoms. The van der Waals surface area contributed by atoms with Crippen LogP contribution in [-0.4, -0.2) is 21.7 Å². The van der Waals surface area contributed by atoms with Gasteiger partial charge in [0.2, 0.25) is 0 Å². The van der Waals surface area contributed by atoms with Crippen molar-refractivity contribution in [2.24, 2.45) is 5.73 Å². The lowest BCUT2D eigenvalue weighted by Crippen LogP contribution is -2.16. The van der Waals surface area contributed by atoms with Crippen LogP contribution in [0.4, 0.5) is 0 Å². The number of H-pyrrole nitrogens is 1. The molecule has 0 aliphatic carbocycles. The van der Waals surface area contributed by atoms with Crippen molar-refractivity contribution in [2.75, 3.05) is 6.54 Å². The molecule has 4 heteroatoms. The van der Waals surface area contributed by atoms with Gasteiger partial charge in [-0.3, -0.25) is 0 Å². The van der Waals surface area contributed by atoms with Crippen LogP contribution < -0.4 is 5.73 Å². The first-order valence-corrected chi connectivity index (χ1v) is 6.36. The molecule has 96 valence electrons. The molecule has 1 atom stereocenters. The summed E-state index contributed by atoms with van der Waals surface area (Å²) < 4.78 is 0. The Morgan fingerprint density at radius 3 is 2.79 bits per heavy atom. The largest absolute Gasteiger partial charge is 0.358 e. The summed E-state index contributed by atoms with van der Waals surface area (Å²) in [6, 6.07) is 12.1. The van der Waals surface area contributed by atoms with Crippen LogP contribution in [0.5, 0.6) is 0 Å². The van der Waals surface area contributed by atoms with Gasteiger partial charge in [0.15, 0.2) is 0 Å². The third-order valence-corrected chi connectivity index (χ3v) is 3.48. The van der Waals surface area contributed by atoms with Crippen LogP contribution in [-0.2, 0) is 0 Å². The lowest BCUT2D eigenvalue weighted by Gasteiger charge is -2.14. The summed E-state index contributed by atoms with van der Waals surface area (Å²) in [5.41, 5.74) is 10.4. The lowest BCUT2D eigenvalue weighted by atomic mass is 9.93. The number of para-hydroxylation sites is 1. The maximum atomic E-state index is 5.97. The molecule has 1 unspecified atom stereocenters. The number of aromatic nitrogens is 3. The fourth-order valence-corrected chi connectivity index (χ4v) is 2.63. The molecule has 3 N–H and O–H groups in total. The van der Waals surface area contributed by atoms with Crippen LogP contribution in [0.2, 0.25) is 0 Å². The Balaban J connectivity index is 2.19. The minimum absolute atomic E-state index is 0.0739. The van der Waals surface area contributed by atoms with E-state index in [-0.39, 0.29) is 5.92 Å². The van der Waals surface area contributed by atoms with Gasteiger partial charge in [-0.1, -0.05) is 18.2 Å². The summed E-state index contributed by atoms with van der Waals surface area (Å²) in [5, 5.41) is 9.38. The highest BCUT2D eigenvalue weighted by atomic mass is 15.1. The Bertz CT molecular complexity index is 688. The molecule has 0 aliphatic rings. The summed E-state index contributed by atoms with van der Waals surface area (Å²) in [7, 11) is 0. The summed E-state index contributed by atoms with van der Waals surface area (Å²) in [6.45, 7) is 2.59. The highest BCUT2D eigenvalue weighted by Crippen LogP contribution is 2.31. The Morgan fingerprint density at radius 1 is 1.21 bits per heavy atom. The maximum absolute atomic E-state index is 5.97. The molecule has 1 aromatic carbocycles. The fourth-order valence-electron chi connectivity index (χ4n) is 2.63. The zero-order chi connectivity index (χ0) is 13.2. The van der Waals surface area contributed by atoms with E-state index in [9.17, 15) is 0 Å². The monoisotopic (exact) mass is 252 g/mol. The summed E-state index contributed by atoms with van der Waals surface area (Å²) in [4.78, 5) is 3.41. The van der Waals surface area contributed by atoms with Crippen molar-refractivity contribution < 1.29 is 0 Å². The molecule has 0 saturated heterocycles. The molecule has 0 amide bonds. The van der Waals surface area contributed by atoms with Gasteiger partial charge in [-0.2, -0.15) is 10.2 Å². The zero-order valence-corrected chi connectivity index (χ0v) is 10.8. The molecule has 0 saturated carbocycles. The van der Waals surface area contributed by atoms with Gasteiger partial charge >= 0.3 is 0 Å². The van der Waals surface area contributed by atoms with Crippen LogP contribution in [0.25, 0.3) is 10.9 Å². The smallest absolute Gasteiger partial charge is 0.0719 e. The number of nitrogens with two attached hydrogens (primary N) is 1. The van der Waals surface area contributed by atoms with Crippen LogP contribution in [0.15, 0.2) is 42.6 Å². The normalized spacial score (nSPS) is 12.7. The van der Waals surface area contributed by atoms with E-state index in [4.69, 9.17) is 5.73 Å². The molecule has 2 heterocycles. The minimum Gasteiger partial charge on any atom is -0.358 e. The molecule has 0 aliphatic heterocycles. The van der Waals surface area contributed by atoms with E-state index in [1.807, 2.05) is 24.3 Å². The van der Waals surface area contributed by atoms with Crippen LogP contribution in [0.3, 0.4) is 0 Å². The van der Waals surface area contributed by atoms with Crippen molar-refractivity contribution in [1.82, 2.24) is 15.2 Å². The summed E-state index contributed by atoms with van der Waals surface area (Å²) >= 11 is 0. The number of fused-ring (bicyclic) bond motifs is 1. The van der Waals surface area contributed by atoms with E-state index < -0.39 is 0 Å². The van der Waals surface area contributed by atoms with Gasteiger partial charge in [0.05, 0.1) is 5.69 Å². The predicted octanol–water partition coefficient (Wildman–Crippen LogP) is 2.36.